The first-order chi connectivity index (χ1) is 6.82. The molecule has 88 valence electrons. The number of hydrogen-bond acceptors (Lipinski definition) is 2. The molecule has 2 fully saturated rings. The van der Waals surface area contributed by atoms with E-state index in [0.29, 0.717) is 11.8 Å². The third-order valence-corrected chi connectivity index (χ3v) is 4.19. The number of aliphatic hydroxyl groups is 1. The molecule has 2 heteroatoms. The first-order valence-electron chi connectivity index (χ1n) is 6.20. The molecule has 2 aliphatic rings. The minimum atomic E-state index is -0.0909. The summed E-state index contributed by atoms with van der Waals surface area (Å²) in [5, 5.41) is 10.00. The molecule has 0 spiro atoms. The van der Waals surface area contributed by atoms with E-state index in [0.717, 1.165) is 12.8 Å². The molecule has 15 heavy (non-hydrogen) atoms. The molecule has 3 unspecified atom stereocenters. The quantitative estimate of drug-likeness (QED) is 0.724. The number of hydrogen-bond donors (Lipinski definition) is 1. The van der Waals surface area contributed by atoms with Crippen LogP contribution in [0.3, 0.4) is 0 Å². The fraction of sp³-hybridized carbons (Fsp3) is 1.00. The van der Waals surface area contributed by atoms with Gasteiger partial charge in [0.25, 0.3) is 0 Å². The van der Waals surface area contributed by atoms with E-state index in [1.807, 2.05) is 0 Å². The monoisotopic (exact) mass is 212 g/mol. The van der Waals surface area contributed by atoms with Crippen molar-refractivity contribution in [3.05, 3.63) is 0 Å². The van der Waals surface area contributed by atoms with Gasteiger partial charge in [0.05, 0.1) is 17.3 Å². The maximum absolute atomic E-state index is 10.00. The van der Waals surface area contributed by atoms with Crippen LogP contribution < -0.4 is 0 Å². The van der Waals surface area contributed by atoms with Crippen molar-refractivity contribution in [1.82, 2.24) is 0 Å². The van der Waals surface area contributed by atoms with Crippen LogP contribution in [0.5, 0.6) is 0 Å². The largest absolute Gasteiger partial charge is 0.393 e. The number of aliphatic hydroxyl groups excluding tert-OH is 1. The fourth-order valence-electron chi connectivity index (χ4n) is 3.71. The smallest absolute Gasteiger partial charge is 0.0666 e. The van der Waals surface area contributed by atoms with Crippen LogP contribution in [0.1, 0.15) is 53.4 Å². The van der Waals surface area contributed by atoms with Crippen molar-refractivity contribution in [2.75, 3.05) is 0 Å². The van der Waals surface area contributed by atoms with Crippen LogP contribution in [0, 0.1) is 11.8 Å². The Hall–Kier alpha value is -0.0800. The Morgan fingerprint density at radius 2 is 1.80 bits per heavy atom. The first kappa shape index (κ1) is 11.4. The van der Waals surface area contributed by atoms with E-state index in [2.05, 4.69) is 27.7 Å². The van der Waals surface area contributed by atoms with E-state index in [9.17, 15) is 5.11 Å². The molecule has 0 bridgehead atoms. The van der Waals surface area contributed by atoms with Crippen LogP contribution in [0.25, 0.3) is 0 Å². The van der Waals surface area contributed by atoms with Gasteiger partial charge in [0.15, 0.2) is 0 Å². The maximum Gasteiger partial charge on any atom is 0.0666 e. The average Bonchev–Trinajstić information content (AvgIpc) is 2.52. The zero-order chi connectivity index (χ0) is 11.3. The standard InChI is InChI=1S/C13H24O2/c1-12(2)8-10(13(3,4)15-12)9-6-5-7-11(9)14/h9-11,14H,5-8H2,1-4H3. The normalized spacial score (nSPS) is 43.4. The highest BCUT2D eigenvalue weighted by molar-refractivity contribution is 4.99. The van der Waals surface area contributed by atoms with Crippen LogP contribution in [0.2, 0.25) is 0 Å². The molecule has 1 saturated heterocycles. The van der Waals surface area contributed by atoms with Crippen LogP contribution in [0.4, 0.5) is 0 Å². The van der Waals surface area contributed by atoms with Gasteiger partial charge >= 0.3 is 0 Å². The van der Waals surface area contributed by atoms with Crippen molar-refractivity contribution in [3.8, 4) is 0 Å². The zero-order valence-corrected chi connectivity index (χ0v) is 10.4. The summed E-state index contributed by atoms with van der Waals surface area (Å²) in [6, 6.07) is 0. The molecule has 2 rings (SSSR count). The van der Waals surface area contributed by atoms with Crippen molar-refractivity contribution in [2.24, 2.45) is 11.8 Å². The van der Waals surface area contributed by atoms with Gasteiger partial charge in [-0.1, -0.05) is 6.42 Å². The van der Waals surface area contributed by atoms with Crippen LogP contribution in [-0.2, 0) is 4.74 Å². The summed E-state index contributed by atoms with van der Waals surface area (Å²) in [6.07, 6.45) is 4.33. The summed E-state index contributed by atoms with van der Waals surface area (Å²) >= 11 is 0. The second kappa shape index (κ2) is 3.46. The third kappa shape index (κ3) is 2.07. The highest BCUT2D eigenvalue weighted by Crippen LogP contribution is 2.49. The van der Waals surface area contributed by atoms with Crippen molar-refractivity contribution in [1.29, 1.82) is 0 Å². The van der Waals surface area contributed by atoms with Crippen molar-refractivity contribution in [3.63, 3.8) is 0 Å². The highest BCUT2D eigenvalue weighted by atomic mass is 16.5. The lowest BCUT2D eigenvalue weighted by Gasteiger charge is -2.32. The van der Waals surface area contributed by atoms with Gasteiger partial charge in [-0.05, 0) is 58.8 Å². The molecule has 1 saturated carbocycles. The Labute approximate surface area is 93.0 Å². The van der Waals surface area contributed by atoms with Gasteiger partial charge < -0.3 is 9.84 Å². The van der Waals surface area contributed by atoms with Crippen LogP contribution in [0.15, 0.2) is 0 Å². The molecular formula is C13H24O2. The van der Waals surface area contributed by atoms with E-state index in [1.54, 1.807) is 0 Å². The Kier molecular flexibility index (Phi) is 2.63. The molecule has 1 aliphatic heterocycles. The summed E-state index contributed by atoms with van der Waals surface area (Å²) in [7, 11) is 0. The minimum Gasteiger partial charge on any atom is -0.393 e. The van der Waals surface area contributed by atoms with Gasteiger partial charge in [0.1, 0.15) is 0 Å². The molecule has 0 aromatic carbocycles. The van der Waals surface area contributed by atoms with Crippen LogP contribution >= 0.6 is 0 Å². The minimum absolute atomic E-state index is 0.0174. The second-order valence-electron chi connectivity index (χ2n) is 6.44. The molecule has 1 N–H and O–H groups in total. The predicted molar refractivity (Wildman–Crippen MR) is 60.7 cm³/mol. The molecule has 1 heterocycles. The molecule has 2 nitrogen and oxygen atoms in total. The third-order valence-electron chi connectivity index (χ3n) is 4.19. The molecule has 3 atom stereocenters. The lowest BCUT2D eigenvalue weighted by Crippen LogP contribution is -2.36. The van der Waals surface area contributed by atoms with Crippen molar-refractivity contribution in [2.45, 2.75) is 70.7 Å². The molecule has 1 aliphatic carbocycles. The van der Waals surface area contributed by atoms with Gasteiger partial charge in [0, 0.05) is 0 Å². The average molecular weight is 212 g/mol. The second-order valence-corrected chi connectivity index (χ2v) is 6.44. The first-order valence-corrected chi connectivity index (χ1v) is 6.20. The zero-order valence-electron chi connectivity index (χ0n) is 10.4. The lowest BCUT2D eigenvalue weighted by atomic mass is 9.76. The Morgan fingerprint density at radius 3 is 2.20 bits per heavy atom. The van der Waals surface area contributed by atoms with E-state index in [1.165, 1.54) is 12.8 Å². The van der Waals surface area contributed by atoms with Crippen LogP contribution in [-0.4, -0.2) is 22.4 Å². The molecular weight excluding hydrogens is 188 g/mol. The van der Waals surface area contributed by atoms with E-state index in [-0.39, 0.29) is 17.3 Å². The van der Waals surface area contributed by atoms with Gasteiger partial charge in [0.2, 0.25) is 0 Å². The number of rotatable bonds is 1. The lowest BCUT2D eigenvalue weighted by molar-refractivity contribution is -0.0849. The maximum atomic E-state index is 10.00. The fourth-order valence-corrected chi connectivity index (χ4v) is 3.71. The molecule has 0 aromatic rings. The van der Waals surface area contributed by atoms with Gasteiger partial charge in [-0.25, -0.2) is 0 Å². The van der Waals surface area contributed by atoms with Crippen molar-refractivity contribution < 1.29 is 9.84 Å². The van der Waals surface area contributed by atoms with E-state index < -0.39 is 0 Å². The Balaban J connectivity index is 2.15. The van der Waals surface area contributed by atoms with Gasteiger partial charge in [-0.15, -0.1) is 0 Å². The Morgan fingerprint density at radius 1 is 1.13 bits per heavy atom. The summed E-state index contributed by atoms with van der Waals surface area (Å²) in [5.74, 6) is 0.978. The molecule has 0 radical (unpaired) electrons. The predicted octanol–water partition coefficient (Wildman–Crippen LogP) is 2.74. The highest BCUT2D eigenvalue weighted by Gasteiger charge is 2.51. The van der Waals surface area contributed by atoms with Crippen molar-refractivity contribution >= 4 is 0 Å². The summed E-state index contributed by atoms with van der Waals surface area (Å²) in [4.78, 5) is 0. The molecule has 0 amide bonds. The molecule has 0 aromatic heterocycles. The van der Waals surface area contributed by atoms with Gasteiger partial charge in [-0.3, -0.25) is 0 Å². The topological polar surface area (TPSA) is 29.5 Å². The van der Waals surface area contributed by atoms with E-state index in [4.69, 9.17) is 4.74 Å². The SMILES string of the molecule is CC1(C)CC(C2CCCC2O)C(C)(C)O1. The van der Waals surface area contributed by atoms with Gasteiger partial charge in [-0.2, -0.15) is 0 Å². The summed E-state index contributed by atoms with van der Waals surface area (Å²) < 4.78 is 6.10. The summed E-state index contributed by atoms with van der Waals surface area (Å²) in [6.45, 7) is 8.68. The Bertz CT molecular complexity index is 245. The van der Waals surface area contributed by atoms with E-state index >= 15 is 0 Å². The summed E-state index contributed by atoms with van der Waals surface area (Å²) in [5.41, 5.74) is -0.0873. The number of ether oxygens (including phenoxy) is 1.